The minimum Gasteiger partial charge on any atom is -0.381 e. The maximum absolute atomic E-state index is 13.6. The second-order valence-corrected chi connectivity index (χ2v) is 11.8. The number of aliphatic hydroxyl groups is 1. The fourth-order valence-electron chi connectivity index (χ4n) is 4.80. The molecule has 5 rings (SSSR count). The lowest BCUT2D eigenvalue weighted by molar-refractivity contribution is -0.143. The molecule has 2 aliphatic heterocycles. The number of hydrogen-bond donors (Lipinski definition) is 2. The Labute approximate surface area is 245 Å². The molecule has 43 heavy (non-hydrogen) atoms. The van der Waals surface area contributed by atoms with Crippen molar-refractivity contribution >= 4 is 45.7 Å². The van der Waals surface area contributed by atoms with Crippen LogP contribution in [0.1, 0.15) is 42.5 Å². The minimum atomic E-state index is -4.99. The molecule has 2 N–H and O–H groups in total. The van der Waals surface area contributed by atoms with E-state index in [1.165, 1.54) is 24.7 Å². The Morgan fingerprint density at radius 3 is 2.53 bits per heavy atom. The van der Waals surface area contributed by atoms with Crippen molar-refractivity contribution in [3.05, 3.63) is 69.8 Å². The number of benzene rings is 2. The summed E-state index contributed by atoms with van der Waals surface area (Å²) in [5, 5.41) is 17.1. The Bertz CT molecular complexity index is 1650. The van der Waals surface area contributed by atoms with Crippen LogP contribution in [-0.4, -0.2) is 61.5 Å². The Hall–Kier alpha value is -3.85. The van der Waals surface area contributed by atoms with E-state index in [1.807, 2.05) is 4.90 Å². The van der Waals surface area contributed by atoms with Gasteiger partial charge in [0.2, 0.25) is 0 Å². The zero-order chi connectivity index (χ0) is 31.3. The van der Waals surface area contributed by atoms with E-state index in [0.717, 1.165) is 17.8 Å². The SMILES string of the molecule is CC(C)(O)C(=O)N[C@@H]1CCN(C2=NC(=O)S/C2=C\c2ccc3nn(Cc4ccc(C(F)(F)F)cc4C(F)(F)F)cc3c2)C1. The first-order valence-corrected chi connectivity index (χ1v) is 13.8. The Morgan fingerprint density at radius 1 is 1.12 bits per heavy atom. The average Bonchev–Trinajstić information content (AvgIpc) is 3.60. The molecular formula is C28H25F6N5O3S. The van der Waals surface area contributed by atoms with Crippen LogP contribution in [0.15, 0.2) is 52.5 Å². The third-order valence-corrected chi connectivity index (χ3v) is 7.73. The molecule has 0 unspecified atom stereocenters. The molecule has 0 aliphatic carbocycles. The van der Waals surface area contributed by atoms with Crippen molar-refractivity contribution in [3.63, 3.8) is 0 Å². The summed E-state index contributed by atoms with van der Waals surface area (Å²) in [4.78, 5) is 30.9. The average molecular weight is 626 g/mol. The lowest BCUT2D eigenvalue weighted by Gasteiger charge is -2.22. The monoisotopic (exact) mass is 625 g/mol. The zero-order valence-corrected chi connectivity index (χ0v) is 23.6. The molecule has 0 spiro atoms. The van der Waals surface area contributed by atoms with E-state index in [0.29, 0.717) is 52.8 Å². The number of carbonyl (C=O) groups is 2. The predicted octanol–water partition coefficient (Wildman–Crippen LogP) is 5.69. The molecule has 1 fully saturated rings. The van der Waals surface area contributed by atoms with Crippen molar-refractivity contribution < 1.29 is 41.0 Å². The van der Waals surface area contributed by atoms with Gasteiger partial charge in [-0.05, 0) is 73.5 Å². The number of likely N-dealkylation sites (tertiary alicyclic amines) is 1. The van der Waals surface area contributed by atoms with Crippen molar-refractivity contribution in [1.29, 1.82) is 0 Å². The maximum Gasteiger partial charge on any atom is 0.416 e. The molecule has 1 aromatic heterocycles. The highest BCUT2D eigenvalue weighted by Gasteiger charge is 2.38. The highest BCUT2D eigenvalue weighted by molar-refractivity contribution is 8.18. The van der Waals surface area contributed by atoms with Gasteiger partial charge in [-0.25, -0.2) is 0 Å². The molecule has 8 nitrogen and oxygen atoms in total. The number of nitrogens with zero attached hydrogens (tertiary/aromatic N) is 4. The summed E-state index contributed by atoms with van der Waals surface area (Å²) in [6, 6.07) is 6.36. The van der Waals surface area contributed by atoms with Gasteiger partial charge in [-0.15, -0.1) is 0 Å². The molecular weight excluding hydrogens is 600 g/mol. The first-order valence-electron chi connectivity index (χ1n) is 13.0. The molecule has 0 saturated carbocycles. The Morgan fingerprint density at radius 2 is 1.86 bits per heavy atom. The van der Waals surface area contributed by atoms with Gasteiger partial charge in [0.15, 0.2) is 0 Å². The van der Waals surface area contributed by atoms with Gasteiger partial charge in [0.25, 0.3) is 5.91 Å². The van der Waals surface area contributed by atoms with Crippen molar-refractivity contribution in [2.24, 2.45) is 4.99 Å². The van der Waals surface area contributed by atoms with E-state index in [1.54, 1.807) is 24.3 Å². The van der Waals surface area contributed by atoms with Crippen molar-refractivity contribution in [3.8, 4) is 0 Å². The van der Waals surface area contributed by atoms with Gasteiger partial charge >= 0.3 is 17.6 Å². The molecule has 3 aromatic rings. The van der Waals surface area contributed by atoms with Crippen molar-refractivity contribution in [1.82, 2.24) is 20.0 Å². The van der Waals surface area contributed by atoms with Crippen LogP contribution in [0.25, 0.3) is 17.0 Å². The topological polar surface area (TPSA) is 99.8 Å². The van der Waals surface area contributed by atoms with Gasteiger partial charge in [0.1, 0.15) is 11.4 Å². The van der Waals surface area contributed by atoms with Crippen LogP contribution in [0, 0.1) is 0 Å². The number of thioether (sulfide) groups is 1. The number of hydrogen-bond acceptors (Lipinski definition) is 6. The van der Waals surface area contributed by atoms with Crippen LogP contribution >= 0.6 is 11.8 Å². The molecule has 0 bridgehead atoms. The van der Waals surface area contributed by atoms with Crippen LogP contribution in [0.3, 0.4) is 0 Å². The highest BCUT2D eigenvalue weighted by Crippen LogP contribution is 2.38. The molecule has 1 atom stereocenters. The summed E-state index contributed by atoms with van der Waals surface area (Å²) in [7, 11) is 0. The van der Waals surface area contributed by atoms with E-state index >= 15 is 0 Å². The maximum atomic E-state index is 13.6. The third kappa shape index (κ3) is 6.88. The second-order valence-electron chi connectivity index (χ2n) is 10.8. The van der Waals surface area contributed by atoms with Crippen molar-refractivity contribution in [2.75, 3.05) is 13.1 Å². The second kappa shape index (κ2) is 11.0. The van der Waals surface area contributed by atoms with Gasteiger partial charge in [-0.2, -0.15) is 36.4 Å². The molecule has 2 aromatic carbocycles. The fraction of sp³-hybridized carbons (Fsp3) is 0.357. The van der Waals surface area contributed by atoms with Gasteiger partial charge in [-0.3, -0.25) is 14.3 Å². The number of amidine groups is 1. The number of fused-ring (bicyclic) bond motifs is 1. The summed E-state index contributed by atoms with van der Waals surface area (Å²) in [5.74, 6) is -0.0523. The van der Waals surface area contributed by atoms with E-state index in [2.05, 4.69) is 15.4 Å². The van der Waals surface area contributed by atoms with Gasteiger partial charge in [0, 0.05) is 30.7 Å². The molecule has 3 heterocycles. The number of alkyl halides is 6. The van der Waals surface area contributed by atoms with E-state index < -0.39 is 46.8 Å². The molecule has 228 valence electrons. The van der Waals surface area contributed by atoms with Crippen LogP contribution in [-0.2, 0) is 23.7 Å². The summed E-state index contributed by atoms with van der Waals surface area (Å²) < 4.78 is 81.1. The number of halogens is 6. The lowest BCUT2D eigenvalue weighted by Crippen LogP contribution is -2.47. The van der Waals surface area contributed by atoms with Gasteiger partial charge in [0.05, 0.1) is 28.1 Å². The van der Waals surface area contributed by atoms with Crippen LogP contribution in [0.2, 0.25) is 0 Å². The number of nitrogens with one attached hydrogen (secondary N) is 1. The van der Waals surface area contributed by atoms with E-state index in [9.17, 15) is 41.0 Å². The first kappa shape index (κ1) is 30.6. The van der Waals surface area contributed by atoms with Crippen LogP contribution in [0.5, 0.6) is 0 Å². The minimum absolute atomic E-state index is 0.104. The van der Waals surface area contributed by atoms with Gasteiger partial charge < -0.3 is 15.3 Å². The van der Waals surface area contributed by atoms with E-state index in [-0.39, 0.29) is 17.7 Å². The molecule has 15 heteroatoms. The van der Waals surface area contributed by atoms with Crippen LogP contribution in [0.4, 0.5) is 31.1 Å². The van der Waals surface area contributed by atoms with Crippen molar-refractivity contribution in [2.45, 2.75) is 50.8 Å². The normalized spacial score (nSPS) is 19.0. The number of aromatic nitrogens is 2. The number of amides is 2. The zero-order valence-electron chi connectivity index (χ0n) is 22.8. The van der Waals surface area contributed by atoms with E-state index in [4.69, 9.17) is 0 Å². The predicted molar refractivity (Wildman–Crippen MR) is 148 cm³/mol. The highest BCUT2D eigenvalue weighted by atomic mass is 32.2. The first-order chi connectivity index (χ1) is 20.0. The number of carbonyl (C=O) groups excluding carboxylic acids is 2. The molecule has 2 amide bonds. The summed E-state index contributed by atoms with van der Waals surface area (Å²) in [6.45, 7) is 3.29. The number of aliphatic imine (C=N–C) groups is 1. The quantitative estimate of drug-likeness (QED) is 0.354. The third-order valence-electron chi connectivity index (χ3n) is 6.94. The standard InChI is InChI=1S/C28H25F6N5O3S/c1-26(2,42)24(40)35-19-7-8-38(14-19)23-22(43-25(41)36-23)10-15-3-6-21-17(9-15)13-39(37-21)12-16-4-5-18(27(29,30)31)11-20(16)28(32,33)34/h3-6,9-11,13,19,42H,7-8,12,14H2,1-2H3,(H,35,40)/b22-10-/t19-/m1/s1. The summed E-state index contributed by atoms with van der Waals surface area (Å²) in [6.07, 6.45) is -6.08. The summed E-state index contributed by atoms with van der Waals surface area (Å²) >= 11 is 0.936. The smallest absolute Gasteiger partial charge is 0.381 e. The van der Waals surface area contributed by atoms with Gasteiger partial charge in [-0.1, -0.05) is 12.1 Å². The van der Waals surface area contributed by atoms with Crippen LogP contribution < -0.4 is 5.32 Å². The largest absolute Gasteiger partial charge is 0.416 e. The fourth-order valence-corrected chi connectivity index (χ4v) is 5.58. The summed E-state index contributed by atoms with van der Waals surface area (Å²) in [5.41, 5.74) is -3.54. The Kier molecular flexibility index (Phi) is 7.84. The Balaban J connectivity index is 1.35. The molecule has 2 aliphatic rings. The number of rotatable bonds is 5. The lowest BCUT2D eigenvalue weighted by atomic mass is 10.0. The molecule has 1 saturated heterocycles. The molecule has 0 radical (unpaired) electrons.